The first-order chi connectivity index (χ1) is 4.57. The highest BCUT2D eigenvalue weighted by Gasteiger charge is 2.10. The van der Waals surface area contributed by atoms with Crippen molar-refractivity contribution >= 4 is 5.97 Å². The summed E-state index contributed by atoms with van der Waals surface area (Å²) in [6, 6.07) is 0.141. The third kappa shape index (κ3) is 3.45. The molecule has 0 radical (unpaired) electrons. The van der Waals surface area contributed by atoms with Crippen molar-refractivity contribution in [1.82, 2.24) is 4.90 Å². The Bertz CT molecular complexity index is 114. The standard InChI is InChI=1S/C7H15NO2/c1-4-8(3)6(2)5-7(9)10/h6H,4-5H2,1-3H3,(H,9,10)/t6-/m1/s1. The Labute approximate surface area is 61.6 Å². The van der Waals surface area contributed by atoms with Crippen LogP contribution in [0.4, 0.5) is 0 Å². The molecule has 0 spiro atoms. The van der Waals surface area contributed by atoms with Crippen LogP contribution in [0.1, 0.15) is 20.3 Å². The minimum absolute atomic E-state index is 0.141. The number of rotatable bonds is 4. The van der Waals surface area contributed by atoms with Crippen LogP contribution in [0.15, 0.2) is 0 Å². The minimum Gasteiger partial charge on any atom is -0.481 e. The van der Waals surface area contributed by atoms with E-state index in [1.807, 2.05) is 25.8 Å². The Morgan fingerprint density at radius 3 is 2.50 bits per heavy atom. The Morgan fingerprint density at radius 2 is 2.20 bits per heavy atom. The molecule has 0 saturated carbocycles. The summed E-state index contributed by atoms with van der Waals surface area (Å²) in [6.07, 6.45) is 0.227. The highest BCUT2D eigenvalue weighted by Crippen LogP contribution is 1.99. The van der Waals surface area contributed by atoms with Crippen molar-refractivity contribution in [3.05, 3.63) is 0 Å². The Kier molecular flexibility index (Phi) is 4.03. The van der Waals surface area contributed by atoms with Gasteiger partial charge in [-0.05, 0) is 20.5 Å². The molecule has 0 fully saturated rings. The molecule has 0 saturated heterocycles. The lowest BCUT2D eigenvalue weighted by Gasteiger charge is -2.20. The van der Waals surface area contributed by atoms with Crippen LogP contribution in [0.5, 0.6) is 0 Å². The summed E-state index contributed by atoms with van der Waals surface area (Å²) in [4.78, 5) is 12.2. The fourth-order valence-electron chi connectivity index (χ4n) is 0.720. The van der Waals surface area contributed by atoms with Crippen molar-refractivity contribution in [2.75, 3.05) is 13.6 Å². The van der Waals surface area contributed by atoms with Gasteiger partial charge >= 0.3 is 5.97 Å². The van der Waals surface area contributed by atoms with Crippen LogP contribution >= 0.6 is 0 Å². The number of carboxylic acid groups (broad SMARTS) is 1. The van der Waals surface area contributed by atoms with E-state index in [2.05, 4.69) is 0 Å². The number of hydrogen-bond acceptors (Lipinski definition) is 2. The molecule has 0 unspecified atom stereocenters. The first kappa shape index (κ1) is 9.43. The predicted octanol–water partition coefficient (Wildman–Crippen LogP) is 0.801. The summed E-state index contributed by atoms with van der Waals surface area (Å²) in [6.45, 7) is 4.82. The van der Waals surface area contributed by atoms with Gasteiger partial charge in [0.1, 0.15) is 0 Å². The summed E-state index contributed by atoms with van der Waals surface area (Å²) in [5.41, 5.74) is 0. The van der Waals surface area contributed by atoms with Gasteiger partial charge in [0.2, 0.25) is 0 Å². The van der Waals surface area contributed by atoms with Crippen molar-refractivity contribution in [2.45, 2.75) is 26.3 Å². The van der Waals surface area contributed by atoms with E-state index in [4.69, 9.17) is 5.11 Å². The molecule has 0 aromatic rings. The molecular weight excluding hydrogens is 130 g/mol. The Balaban J connectivity index is 3.61. The lowest BCUT2D eigenvalue weighted by molar-refractivity contribution is -0.138. The molecule has 3 heteroatoms. The molecular formula is C7H15NO2. The fourth-order valence-corrected chi connectivity index (χ4v) is 0.720. The first-order valence-electron chi connectivity index (χ1n) is 3.50. The molecule has 60 valence electrons. The van der Waals surface area contributed by atoms with Crippen molar-refractivity contribution in [1.29, 1.82) is 0 Å². The second-order valence-corrected chi connectivity index (χ2v) is 2.52. The van der Waals surface area contributed by atoms with Crippen LogP contribution in [-0.2, 0) is 4.79 Å². The van der Waals surface area contributed by atoms with Crippen LogP contribution in [0.25, 0.3) is 0 Å². The second kappa shape index (κ2) is 4.28. The third-order valence-corrected chi connectivity index (χ3v) is 1.72. The largest absolute Gasteiger partial charge is 0.481 e. The van der Waals surface area contributed by atoms with E-state index < -0.39 is 5.97 Å². The Morgan fingerprint density at radius 1 is 1.70 bits per heavy atom. The lowest BCUT2D eigenvalue weighted by Crippen LogP contribution is -2.30. The number of aliphatic carboxylic acids is 1. The zero-order valence-electron chi connectivity index (χ0n) is 6.79. The molecule has 1 atom stereocenters. The number of hydrogen-bond donors (Lipinski definition) is 1. The number of carboxylic acids is 1. The maximum absolute atomic E-state index is 10.2. The second-order valence-electron chi connectivity index (χ2n) is 2.52. The van der Waals surface area contributed by atoms with Crippen molar-refractivity contribution in [3.63, 3.8) is 0 Å². The maximum atomic E-state index is 10.2. The number of carbonyl (C=O) groups is 1. The predicted molar refractivity (Wildman–Crippen MR) is 40.0 cm³/mol. The van der Waals surface area contributed by atoms with E-state index in [9.17, 15) is 4.79 Å². The summed E-state index contributed by atoms with van der Waals surface area (Å²) >= 11 is 0. The topological polar surface area (TPSA) is 40.5 Å². The van der Waals surface area contributed by atoms with Crippen LogP contribution in [0, 0.1) is 0 Å². The average molecular weight is 145 g/mol. The average Bonchev–Trinajstić information content (AvgIpc) is 1.85. The molecule has 0 aliphatic rings. The normalized spacial score (nSPS) is 13.6. The van der Waals surface area contributed by atoms with Gasteiger partial charge in [-0.15, -0.1) is 0 Å². The summed E-state index contributed by atoms with van der Waals surface area (Å²) in [5, 5.41) is 8.40. The minimum atomic E-state index is -0.729. The molecule has 1 N–H and O–H groups in total. The maximum Gasteiger partial charge on any atom is 0.304 e. The molecule has 0 aromatic heterocycles. The zero-order chi connectivity index (χ0) is 8.15. The SMILES string of the molecule is CCN(C)[C@H](C)CC(=O)O. The van der Waals surface area contributed by atoms with E-state index in [0.717, 1.165) is 6.54 Å². The molecule has 0 aliphatic heterocycles. The Hall–Kier alpha value is -0.570. The molecule has 0 bridgehead atoms. The molecule has 0 aliphatic carbocycles. The molecule has 3 nitrogen and oxygen atoms in total. The van der Waals surface area contributed by atoms with E-state index >= 15 is 0 Å². The van der Waals surface area contributed by atoms with Crippen molar-refractivity contribution in [2.24, 2.45) is 0 Å². The van der Waals surface area contributed by atoms with Gasteiger partial charge in [0.25, 0.3) is 0 Å². The van der Waals surface area contributed by atoms with Crippen LogP contribution in [-0.4, -0.2) is 35.6 Å². The first-order valence-corrected chi connectivity index (χ1v) is 3.50. The fraction of sp³-hybridized carbons (Fsp3) is 0.857. The molecule has 0 amide bonds. The van der Waals surface area contributed by atoms with E-state index in [-0.39, 0.29) is 12.5 Å². The van der Waals surface area contributed by atoms with Gasteiger partial charge < -0.3 is 10.0 Å². The van der Waals surface area contributed by atoms with Crippen LogP contribution in [0.3, 0.4) is 0 Å². The summed E-state index contributed by atoms with van der Waals surface area (Å²) in [5.74, 6) is -0.729. The third-order valence-electron chi connectivity index (χ3n) is 1.72. The lowest BCUT2D eigenvalue weighted by atomic mass is 10.2. The number of nitrogens with zero attached hydrogens (tertiary/aromatic N) is 1. The van der Waals surface area contributed by atoms with Gasteiger partial charge in [0, 0.05) is 6.04 Å². The monoisotopic (exact) mass is 145 g/mol. The van der Waals surface area contributed by atoms with Crippen LogP contribution in [0.2, 0.25) is 0 Å². The van der Waals surface area contributed by atoms with Gasteiger partial charge in [-0.2, -0.15) is 0 Å². The molecule has 0 aromatic carbocycles. The molecule has 0 rings (SSSR count). The van der Waals surface area contributed by atoms with Gasteiger partial charge in [-0.25, -0.2) is 0 Å². The highest BCUT2D eigenvalue weighted by molar-refractivity contribution is 5.67. The summed E-state index contributed by atoms with van der Waals surface area (Å²) < 4.78 is 0. The van der Waals surface area contributed by atoms with Crippen molar-refractivity contribution in [3.8, 4) is 0 Å². The van der Waals surface area contributed by atoms with E-state index in [1.165, 1.54) is 0 Å². The van der Waals surface area contributed by atoms with Gasteiger partial charge in [-0.3, -0.25) is 4.79 Å². The smallest absolute Gasteiger partial charge is 0.304 e. The highest BCUT2D eigenvalue weighted by atomic mass is 16.4. The van der Waals surface area contributed by atoms with Gasteiger partial charge in [-0.1, -0.05) is 6.92 Å². The zero-order valence-corrected chi connectivity index (χ0v) is 6.79. The molecule has 0 heterocycles. The summed E-state index contributed by atoms with van der Waals surface area (Å²) in [7, 11) is 1.92. The van der Waals surface area contributed by atoms with E-state index in [1.54, 1.807) is 0 Å². The quantitative estimate of drug-likeness (QED) is 0.636. The van der Waals surface area contributed by atoms with Crippen LogP contribution < -0.4 is 0 Å². The van der Waals surface area contributed by atoms with Crippen molar-refractivity contribution < 1.29 is 9.90 Å². The van der Waals surface area contributed by atoms with Gasteiger partial charge in [0.15, 0.2) is 0 Å². The van der Waals surface area contributed by atoms with E-state index in [0.29, 0.717) is 0 Å². The molecule has 10 heavy (non-hydrogen) atoms. The van der Waals surface area contributed by atoms with Gasteiger partial charge in [0.05, 0.1) is 6.42 Å².